The van der Waals surface area contributed by atoms with Crippen LogP contribution in [0.15, 0.2) is 42.5 Å². The molecule has 0 spiro atoms. The standard InChI is InChI=1S/C18H22FN/c1-4-20-18(12-15-8-6-5-7-14(15)3)16-11-13(2)9-10-17(16)19/h5-11,18,20H,4,12H2,1-3H3. The topological polar surface area (TPSA) is 12.0 Å². The number of halogens is 1. The summed E-state index contributed by atoms with van der Waals surface area (Å²) in [6.07, 6.45) is 0.806. The molecule has 1 nitrogen and oxygen atoms in total. The van der Waals surface area contributed by atoms with Crippen molar-refractivity contribution >= 4 is 0 Å². The Bertz CT molecular complexity index is 577. The van der Waals surface area contributed by atoms with Crippen LogP contribution in [0.25, 0.3) is 0 Å². The van der Waals surface area contributed by atoms with Crippen molar-refractivity contribution in [3.05, 3.63) is 70.5 Å². The lowest BCUT2D eigenvalue weighted by Crippen LogP contribution is -2.24. The molecule has 2 heteroatoms. The molecule has 0 radical (unpaired) electrons. The summed E-state index contributed by atoms with van der Waals surface area (Å²) in [6.45, 7) is 6.98. The molecule has 0 saturated carbocycles. The van der Waals surface area contributed by atoms with Crippen LogP contribution < -0.4 is 5.32 Å². The van der Waals surface area contributed by atoms with Gasteiger partial charge in [-0.3, -0.25) is 0 Å². The number of rotatable bonds is 5. The molecule has 2 aromatic rings. The van der Waals surface area contributed by atoms with Crippen LogP contribution >= 0.6 is 0 Å². The van der Waals surface area contributed by atoms with Gasteiger partial charge >= 0.3 is 0 Å². The van der Waals surface area contributed by atoms with E-state index in [4.69, 9.17) is 0 Å². The Morgan fingerprint density at radius 3 is 2.55 bits per heavy atom. The number of nitrogens with one attached hydrogen (secondary N) is 1. The van der Waals surface area contributed by atoms with E-state index in [9.17, 15) is 4.39 Å². The lowest BCUT2D eigenvalue weighted by molar-refractivity contribution is 0.509. The van der Waals surface area contributed by atoms with E-state index >= 15 is 0 Å². The predicted molar refractivity (Wildman–Crippen MR) is 82.4 cm³/mol. The highest BCUT2D eigenvalue weighted by atomic mass is 19.1. The van der Waals surface area contributed by atoms with Crippen molar-refractivity contribution < 1.29 is 4.39 Å². The van der Waals surface area contributed by atoms with Gasteiger partial charge in [-0.05, 0) is 44.0 Å². The minimum Gasteiger partial charge on any atom is -0.310 e. The minimum absolute atomic E-state index is 0.0148. The summed E-state index contributed by atoms with van der Waals surface area (Å²) in [5, 5.41) is 3.40. The molecule has 0 aliphatic rings. The maximum atomic E-state index is 14.1. The quantitative estimate of drug-likeness (QED) is 0.853. The van der Waals surface area contributed by atoms with Gasteiger partial charge in [0.1, 0.15) is 5.82 Å². The van der Waals surface area contributed by atoms with Gasteiger partial charge in [0.25, 0.3) is 0 Å². The number of likely N-dealkylation sites (N-methyl/N-ethyl adjacent to an activating group) is 1. The van der Waals surface area contributed by atoms with Crippen LogP contribution in [0, 0.1) is 19.7 Å². The maximum Gasteiger partial charge on any atom is 0.128 e. The van der Waals surface area contributed by atoms with E-state index in [1.54, 1.807) is 6.07 Å². The SMILES string of the molecule is CCNC(Cc1ccccc1C)c1cc(C)ccc1F. The van der Waals surface area contributed by atoms with E-state index in [2.05, 4.69) is 31.3 Å². The van der Waals surface area contributed by atoms with E-state index in [-0.39, 0.29) is 11.9 Å². The van der Waals surface area contributed by atoms with Gasteiger partial charge in [-0.1, -0.05) is 48.9 Å². The molecule has 0 aromatic heterocycles. The molecule has 2 aromatic carbocycles. The average Bonchev–Trinajstić information content (AvgIpc) is 2.43. The molecule has 20 heavy (non-hydrogen) atoms. The van der Waals surface area contributed by atoms with Gasteiger partial charge in [-0.2, -0.15) is 0 Å². The van der Waals surface area contributed by atoms with Crippen LogP contribution in [0.3, 0.4) is 0 Å². The largest absolute Gasteiger partial charge is 0.310 e. The Hall–Kier alpha value is -1.67. The van der Waals surface area contributed by atoms with Crippen LogP contribution in [0.2, 0.25) is 0 Å². The lowest BCUT2D eigenvalue weighted by atomic mass is 9.95. The molecule has 0 aliphatic heterocycles. The summed E-state index contributed by atoms with van der Waals surface area (Å²) in [6, 6.07) is 13.6. The van der Waals surface area contributed by atoms with E-state index in [0.29, 0.717) is 0 Å². The monoisotopic (exact) mass is 271 g/mol. The normalized spacial score (nSPS) is 12.4. The first-order chi connectivity index (χ1) is 9.61. The third-order valence-corrected chi connectivity index (χ3v) is 3.66. The first kappa shape index (κ1) is 14.7. The third-order valence-electron chi connectivity index (χ3n) is 3.66. The molecular weight excluding hydrogens is 249 g/mol. The van der Waals surface area contributed by atoms with Gasteiger partial charge in [0.2, 0.25) is 0 Å². The van der Waals surface area contributed by atoms with Gasteiger partial charge in [-0.25, -0.2) is 4.39 Å². The number of aryl methyl sites for hydroxylation is 2. The van der Waals surface area contributed by atoms with Gasteiger partial charge in [-0.15, -0.1) is 0 Å². The Balaban J connectivity index is 2.32. The Morgan fingerprint density at radius 2 is 1.85 bits per heavy atom. The zero-order valence-electron chi connectivity index (χ0n) is 12.4. The summed E-state index contributed by atoms with van der Waals surface area (Å²) >= 11 is 0. The Kier molecular flexibility index (Phi) is 4.91. The fourth-order valence-electron chi connectivity index (χ4n) is 2.53. The van der Waals surface area contributed by atoms with Crippen molar-refractivity contribution in [1.82, 2.24) is 5.32 Å². The second kappa shape index (κ2) is 6.67. The highest BCUT2D eigenvalue weighted by Crippen LogP contribution is 2.23. The molecule has 1 N–H and O–H groups in total. The first-order valence-electron chi connectivity index (χ1n) is 7.15. The van der Waals surface area contributed by atoms with E-state index < -0.39 is 0 Å². The Labute approximate surface area is 120 Å². The van der Waals surface area contributed by atoms with Gasteiger partial charge in [0, 0.05) is 11.6 Å². The van der Waals surface area contributed by atoms with Crippen LogP contribution in [-0.2, 0) is 6.42 Å². The molecule has 0 bridgehead atoms. The highest BCUT2D eigenvalue weighted by molar-refractivity contribution is 5.31. The summed E-state index contributed by atoms with van der Waals surface area (Å²) < 4.78 is 14.1. The molecular formula is C18H22FN. The van der Waals surface area contributed by atoms with Crippen molar-refractivity contribution in [3.63, 3.8) is 0 Å². The number of hydrogen-bond donors (Lipinski definition) is 1. The first-order valence-corrected chi connectivity index (χ1v) is 7.15. The van der Waals surface area contributed by atoms with Crippen molar-refractivity contribution in [1.29, 1.82) is 0 Å². The Morgan fingerprint density at radius 1 is 1.10 bits per heavy atom. The summed E-state index contributed by atoms with van der Waals surface area (Å²) in [5.41, 5.74) is 4.37. The van der Waals surface area contributed by atoms with Gasteiger partial charge in [0.05, 0.1) is 0 Å². The predicted octanol–water partition coefficient (Wildman–Crippen LogP) is 4.34. The van der Waals surface area contributed by atoms with Crippen LogP contribution in [-0.4, -0.2) is 6.54 Å². The van der Waals surface area contributed by atoms with Gasteiger partial charge in [0.15, 0.2) is 0 Å². The molecule has 0 amide bonds. The molecule has 0 aliphatic carbocycles. The van der Waals surface area contributed by atoms with Crippen molar-refractivity contribution in [2.75, 3.05) is 6.54 Å². The highest BCUT2D eigenvalue weighted by Gasteiger charge is 2.16. The number of hydrogen-bond acceptors (Lipinski definition) is 1. The second-order valence-electron chi connectivity index (χ2n) is 5.27. The van der Waals surface area contributed by atoms with E-state index in [1.165, 1.54) is 11.1 Å². The third kappa shape index (κ3) is 3.45. The fraction of sp³-hybridized carbons (Fsp3) is 0.333. The van der Waals surface area contributed by atoms with Crippen molar-refractivity contribution in [2.24, 2.45) is 0 Å². The zero-order chi connectivity index (χ0) is 14.5. The van der Waals surface area contributed by atoms with E-state index in [0.717, 1.165) is 24.1 Å². The summed E-state index contributed by atoms with van der Waals surface area (Å²) in [4.78, 5) is 0. The summed E-state index contributed by atoms with van der Waals surface area (Å²) in [5.74, 6) is -0.130. The zero-order valence-corrected chi connectivity index (χ0v) is 12.4. The van der Waals surface area contributed by atoms with Gasteiger partial charge < -0.3 is 5.32 Å². The second-order valence-corrected chi connectivity index (χ2v) is 5.27. The minimum atomic E-state index is -0.130. The average molecular weight is 271 g/mol. The van der Waals surface area contributed by atoms with Crippen molar-refractivity contribution in [2.45, 2.75) is 33.2 Å². The molecule has 106 valence electrons. The van der Waals surface area contributed by atoms with E-state index in [1.807, 2.05) is 31.2 Å². The molecule has 2 rings (SSSR count). The molecule has 0 fully saturated rings. The molecule has 1 unspecified atom stereocenters. The lowest BCUT2D eigenvalue weighted by Gasteiger charge is -2.20. The maximum absolute atomic E-state index is 14.1. The smallest absolute Gasteiger partial charge is 0.128 e. The molecule has 0 saturated heterocycles. The van der Waals surface area contributed by atoms with Crippen molar-refractivity contribution in [3.8, 4) is 0 Å². The fourth-order valence-corrected chi connectivity index (χ4v) is 2.53. The molecule has 0 heterocycles. The van der Waals surface area contributed by atoms with Crippen LogP contribution in [0.5, 0.6) is 0 Å². The van der Waals surface area contributed by atoms with Crippen LogP contribution in [0.4, 0.5) is 4.39 Å². The number of benzene rings is 2. The summed E-state index contributed by atoms with van der Waals surface area (Å²) in [7, 11) is 0. The molecule has 1 atom stereocenters. The van der Waals surface area contributed by atoms with Crippen LogP contribution in [0.1, 0.15) is 35.2 Å².